The zero-order valence-corrected chi connectivity index (χ0v) is 16.0. The third-order valence-electron chi connectivity index (χ3n) is 4.37. The summed E-state index contributed by atoms with van der Waals surface area (Å²) in [5.74, 6) is 1.58. The number of thiazole rings is 1. The minimum absolute atomic E-state index is 0.690. The van der Waals surface area contributed by atoms with Gasteiger partial charge in [-0.3, -0.25) is 9.89 Å². The van der Waals surface area contributed by atoms with Crippen LogP contribution in [0.3, 0.4) is 0 Å². The molecule has 0 atom stereocenters. The Bertz CT molecular complexity index is 497. The van der Waals surface area contributed by atoms with E-state index >= 15 is 0 Å². The summed E-state index contributed by atoms with van der Waals surface area (Å²) in [6.07, 6.45) is 3.50. The van der Waals surface area contributed by atoms with Crippen LogP contribution < -0.4 is 10.6 Å². The first-order chi connectivity index (χ1) is 11.7. The van der Waals surface area contributed by atoms with Crippen LogP contribution in [0.5, 0.6) is 0 Å². The van der Waals surface area contributed by atoms with Crippen molar-refractivity contribution in [1.29, 1.82) is 0 Å². The fourth-order valence-corrected chi connectivity index (χ4v) is 3.63. The monoisotopic (exact) mass is 353 g/mol. The molecular weight excluding hydrogens is 322 g/mol. The third-order valence-corrected chi connectivity index (χ3v) is 5.42. The molecule has 1 aromatic heterocycles. The lowest BCUT2D eigenvalue weighted by atomic mass is 9.97. The second kappa shape index (κ2) is 10.6. The van der Waals surface area contributed by atoms with Crippen LogP contribution in [-0.2, 0) is 17.7 Å². The lowest BCUT2D eigenvalue weighted by Crippen LogP contribution is -2.43. The van der Waals surface area contributed by atoms with E-state index in [1.807, 2.05) is 7.05 Å². The molecule has 0 spiro atoms. The first-order valence-corrected chi connectivity index (χ1v) is 9.72. The normalized spacial score (nSPS) is 17.2. The summed E-state index contributed by atoms with van der Waals surface area (Å²) in [7, 11) is 3.52. The van der Waals surface area contributed by atoms with Crippen molar-refractivity contribution in [3.63, 3.8) is 0 Å². The Morgan fingerprint density at radius 3 is 2.83 bits per heavy atom. The molecule has 2 N–H and O–H groups in total. The quantitative estimate of drug-likeness (QED) is 0.423. The average Bonchev–Trinajstić information content (AvgIpc) is 3.07. The Hall–Kier alpha value is -1.18. The number of rotatable bonds is 8. The maximum atomic E-state index is 5.05. The fourth-order valence-electron chi connectivity index (χ4n) is 2.89. The highest BCUT2D eigenvalue weighted by Gasteiger charge is 2.20. The van der Waals surface area contributed by atoms with Crippen LogP contribution in [0.25, 0.3) is 0 Å². The maximum absolute atomic E-state index is 5.05. The van der Waals surface area contributed by atoms with Gasteiger partial charge in [0.2, 0.25) is 0 Å². The van der Waals surface area contributed by atoms with E-state index in [4.69, 9.17) is 4.74 Å². The van der Waals surface area contributed by atoms with Crippen LogP contribution in [0.4, 0.5) is 0 Å². The van der Waals surface area contributed by atoms with Gasteiger partial charge in [-0.15, -0.1) is 11.3 Å². The van der Waals surface area contributed by atoms with Crippen LogP contribution >= 0.6 is 11.3 Å². The van der Waals surface area contributed by atoms with Gasteiger partial charge < -0.3 is 15.4 Å². The minimum atomic E-state index is 0.690. The topological polar surface area (TPSA) is 61.8 Å². The number of ether oxygens (including phenoxy) is 1. The zero-order valence-electron chi connectivity index (χ0n) is 15.2. The van der Waals surface area contributed by atoms with Crippen LogP contribution in [0.15, 0.2) is 10.4 Å². The second-order valence-electron chi connectivity index (χ2n) is 6.18. The van der Waals surface area contributed by atoms with Crippen molar-refractivity contribution in [2.24, 2.45) is 10.9 Å². The van der Waals surface area contributed by atoms with Crippen LogP contribution in [0.1, 0.15) is 30.5 Å². The lowest BCUT2D eigenvalue weighted by molar-refractivity contribution is 0.176. The van der Waals surface area contributed by atoms with Gasteiger partial charge in [-0.1, -0.05) is 6.92 Å². The van der Waals surface area contributed by atoms with Crippen LogP contribution in [-0.4, -0.2) is 62.8 Å². The summed E-state index contributed by atoms with van der Waals surface area (Å²) < 4.78 is 5.05. The summed E-state index contributed by atoms with van der Waals surface area (Å²) in [6, 6.07) is 0. The van der Waals surface area contributed by atoms with Gasteiger partial charge in [0.25, 0.3) is 0 Å². The zero-order chi connectivity index (χ0) is 17.2. The van der Waals surface area contributed by atoms with Crippen molar-refractivity contribution < 1.29 is 4.74 Å². The summed E-state index contributed by atoms with van der Waals surface area (Å²) >= 11 is 1.78. The maximum Gasteiger partial charge on any atom is 0.191 e. The van der Waals surface area contributed by atoms with E-state index in [-0.39, 0.29) is 0 Å². The number of guanidine groups is 1. The number of aryl methyl sites for hydroxylation is 1. The molecule has 7 heteroatoms. The first-order valence-electron chi connectivity index (χ1n) is 8.84. The number of nitrogens with zero attached hydrogens (tertiary/aromatic N) is 3. The average molecular weight is 354 g/mol. The van der Waals surface area contributed by atoms with E-state index in [0.717, 1.165) is 45.1 Å². The third kappa shape index (κ3) is 6.37. The van der Waals surface area contributed by atoms with Gasteiger partial charge in [0, 0.05) is 39.2 Å². The van der Waals surface area contributed by atoms with Crippen molar-refractivity contribution >= 4 is 17.3 Å². The van der Waals surface area contributed by atoms with Crippen molar-refractivity contribution in [3.05, 3.63) is 16.1 Å². The number of aliphatic imine (C=N–C) groups is 1. The fraction of sp³-hybridized carbons (Fsp3) is 0.765. The molecule has 24 heavy (non-hydrogen) atoms. The van der Waals surface area contributed by atoms with E-state index in [1.54, 1.807) is 18.4 Å². The number of likely N-dealkylation sites (tertiary alicyclic amines) is 1. The Labute approximate surface area is 149 Å². The Balaban J connectivity index is 1.65. The summed E-state index contributed by atoms with van der Waals surface area (Å²) in [5, 5.41) is 10.1. The van der Waals surface area contributed by atoms with Crippen LogP contribution in [0, 0.1) is 5.92 Å². The highest BCUT2D eigenvalue weighted by Crippen LogP contribution is 2.19. The molecule has 0 aromatic carbocycles. The Kier molecular flexibility index (Phi) is 8.49. The molecule has 0 radical (unpaired) electrons. The van der Waals surface area contributed by atoms with Crippen molar-refractivity contribution in [1.82, 2.24) is 20.5 Å². The number of hydrogen-bond donors (Lipinski definition) is 2. The van der Waals surface area contributed by atoms with Gasteiger partial charge in [-0.05, 0) is 38.3 Å². The van der Waals surface area contributed by atoms with E-state index in [1.165, 1.54) is 23.5 Å². The SMILES string of the molecule is CCc1nc(CN2CCC(CNC(=NC)NCCOC)CC2)cs1. The molecule has 6 nitrogen and oxygen atoms in total. The van der Waals surface area contributed by atoms with E-state index in [9.17, 15) is 0 Å². The lowest BCUT2D eigenvalue weighted by Gasteiger charge is -2.31. The van der Waals surface area contributed by atoms with Crippen molar-refractivity contribution in [2.75, 3.05) is 46.9 Å². The molecular formula is C17H31N5OS. The molecule has 1 aliphatic rings. The number of piperidine rings is 1. The van der Waals surface area contributed by atoms with Gasteiger partial charge in [-0.25, -0.2) is 4.98 Å². The van der Waals surface area contributed by atoms with Crippen LogP contribution in [0.2, 0.25) is 0 Å². The molecule has 1 saturated heterocycles. The van der Waals surface area contributed by atoms with Gasteiger partial charge in [0.1, 0.15) is 0 Å². The smallest absolute Gasteiger partial charge is 0.191 e. The van der Waals surface area contributed by atoms with E-state index in [0.29, 0.717) is 12.5 Å². The summed E-state index contributed by atoms with van der Waals surface area (Å²) in [4.78, 5) is 11.4. The van der Waals surface area contributed by atoms with Crippen molar-refractivity contribution in [3.8, 4) is 0 Å². The Morgan fingerprint density at radius 2 is 2.21 bits per heavy atom. The highest BCUT2D eigenvalue weighted by molar-refractivity contribution is 7.09. The number of methoxy groups -OCH3 is 1. The van der Waals surface area contributed by atoms with E-state index < -0.39 is 0 Å². The number of nitrogens with one attached hydrogen (secondary N) is 2. The molecule has 0 amide bonds. The highest BCUT2D eigenvalue weighted by atomic mass is 32.1. The van der Waals surface area contributed by atoms with Gasteiger partial charge in [-0.2, -0.15) is 0 Å². The Morgan fingerprint density at radius 1 is 1.42 bits per heavy atom. The number of hydrogen-bond acceptors (Lipinski definition) is 5. The number of aromatic nitrogens is 1. The molecule has 1 aromatic rings. The predicted molar refractivity (Wildman–Crippen MR) is 101 cm³/mol. The van der Waals surface area contributed by atoms with Gasteiger partial charge in [0.15, 0.2) is 5.96 Å². The molecule has 2 rings (SSSR count). The second-order valence-corrected chi connectivity index (χ2v) is 7.12. The molecule has 2 heterocycles. The molecule has 0 saturated carbocycles. The minimum Gasteiger partial charge on any atom is -0.383 e. The standard InChI is InChI=1S/C17H31N5OS/c1-4-16-21-15(13-24-16)12-22-8-5-14(6-9-22)11-20-17(18-2)19-7-10-23-3/h13-14H,4-12H2,1-3H3,(H2,18,19,20). The molecule has 0 aliphatic carbocycles. The van der Waals surface area contributed by atoms with Gasteiger partial charge in [0.05, 0.1) is 17.3 Å². The summed E-state index contributed by atoms with van der Waals surface area (Å²) in [5.41, 5.74) is 1.23. The predicted octanol–water partition coefficient (Wildman–Crippen LogP) is 1.73. The van der Waals surface area contributed by atoms with Gasteiger partial charge >= 0.3 is 0 Å². The molecule has 0 unspecified atom stereocenters. The molecule has 0 bridgehead atoms. The summed E-state index contributed by atoms with van der Waals surface area (Å²) in [6.45, 7) is 7.92. The van der Waals surface area contributed by atoms with E-state index in [2.05, 4.69) is 37.8 Å². The first kappa shape index (κ1) is 19.1. The molecule has 136 valence electrons. The molecule has 1 aliphatic heterocycles. The largest absolute Gasteiger partial charge is 0.383 e. The van der Waals surface area contributed by atoms with Crippen molar-refractivity contribution in [2.45, 2.75) is 32.7 Å². The molecule has 1 fully saturated rings.